The van der Waals surface area contributed by atoms with E-state index in [2.05, 4.69) is 10.5 Å². The average Bonchev–Trinajstić information content (AvgIpc) is 2.55. The quantitative estimate of drug-likeness (QED) is 0.528. The van der Waals surface area contributed by atoms with Crippen molar-refractivity contribution in [1.82, 2.24) is 0 Å². The maximum atomic E-state index is 11.1. The van der Waals surface area contributed by atoms with Crippen molar-refractivity contribution in [1.29, 1.82) is 10.5 Å². The Kier molecular flexibility index (Phi) is 4.43. The molecule has 106 valence electrons. The summed E-state index contributed by atoms with van der Waals surface area (Å²) in [4.78, 5) is 10.4. The highest BCUT2D eigenvalue weighted by atomic mass is 16.6. The highest BCUT2D eigenvalue weighted by Gasteiger charge is 2.17. The van der Waals surface area contributed by atoms with Gasteiger partial charge in [0.2, 0.25) is 0 Å². The molecule has 0 aromatic heterocycles. The summed E-state index contributed by atoms with van der Waals surface area (Å²) in [5, 5.41) is 32.8. The first-order chi connectivity index (χ1) is 10.7. The highest BCUT2D eigenvalue weighted by molar-refractivity contribution is 5.87. The van der Waals surface area contributed by atoms with Crippen LogP contribution in [0.15, 0.2) is 47.6 Å². The average molecular weight is 291 g/mol. The predicted molar refractivity (Wildman–Crippen MR) is 80.2 cm³/mol. The molecule has 0 amide bonds. The van der Waals surface area contributed by atoms with Crippen molar-refractivity contribution in [3.05, 3.63) is 69.3 Å². The van der Waals surface area contributed by atoms with Crippen LogP contribution < -0.4 is 5.43 Å². The summed E-state index contributed by atoms with van der Waals surface area (Å²) in [7, 11) is 0. The third kappa shape index (κ3) is 3.24. The van der Waals surface area contributed by atoms with Crippen molar-refractivity contribution in [3.8, 4) is 12.1 Å². The predicted octanol–water partition coefficient (Wildman–Crippen LogP) is 2.78. The zero-order valence-corrected chi connectivity index (χ0v) is 11.2. The molecular weight excluding hydrogens is 282 g/mol. The topological polar surface area (TPSA) is 115 Å². The van der Waals surface area contributed by atoms with Crippen LogP contribution in [0.5, 0.6) is 0 Å². The molecule has 7 heteroatoms. The summed E-state index contributed by atoms with van der Waals surface area (Å²) in [6.07, 6.45) is 1.24. The SMILES string of the molecule is N#Cc1cc(C=NNc2ccccc2)c([N+](=O)[O-])cc1C#N. The molecule has 2 aromatic carbocycles. The van der Waals surface area contributed by atoms with Crippen LogP contribution in [0.1, 0.15) is 16.7 Å². The van der Waals surface area contributed by atoms with Gasteiger partial charge >= 0.3 is 0 Å². The van der Waals surface area contributed by atoms with Crippen LogP contribution in [0.2, 0.25) is 0 Å². The van der Waals surface area contributed by atoms with Gasteiger partial charge in [0.1, 0.15) is 12.1 Å². The van der Waals surface area contributed by atoms with Crippen LogP contribution in [0, 0.1) is 32.8 Å². The zero-order valence-electron chi connectivity index (χ0n) is 11.2. The molecule has 0 spiro atoms. The van der Waals surface area contributed by atoms with Crippen molar-refractivity contribution in [2.45, 2.75) is 0 Å². The molecule has 0 fully saturated rings. The Morgan fingerprint density at radius 3 is 2.36 bits per heavy atom. The summed E-state index contributed by atoms with van der Waals surface area (Å²) >= 11 is 0. The van der Waals surface area contributed by atoms with Crippen LogP contribution in [0.4, 0.5) is 11.4 Å². The van der Waals surface area contributed by atoms with Gasteiger partial charge in [-0.2, -0.15) is 15.6 Å². The van der Waals surface area contributed by atoms with Crippen LogP contribution in [-0.2, 0) is 0 Å². The molecule has 0 heterocycles. The Hall–Kier alpha value is -3.71. The van der Waals surface area contributed by atoms with Crippen molar-refractivity contribution in [3.63, 3.8) is 0 Å². The van der Waals surface area contributed by atoms with E-state index >= 15 is 0 Å². The van der Waals surface area contributed by atoms with Crippen molar-refractivity contribution < 1.29 is 4.92 Å². The standard InChI is InChI=1S/C15H9N5O2/c16-8-11-6-13(15(20(21)22)7-12(11)9-17)10-18-19-14-4-2-1-3-5-14/h1-7,10,19H. The monoisotopic (exact) mass is 291 g/mol. The minimum Gasteiger partial charge on any atom is -0.279 e. The molecule has 0 aliphatic rings. The van der Waals surface area contributed by atoms with Gasteiger partial charge in [0.25, 0.3) is 5.69 Å². The molecule has 7 nitrogen and oxygen atoms in total. The van der Waals surface area contributed by atoms with E-state index in [9.17, 15) is 10.1 Å². The number of hydrogen-bond acceptors (Lipinski definition) is 6. The number of anilines is 1. The fourth-order valence-corrected chi connectivity index (χ4v) is 1.74. The minimum atomic E-state index is -0.619. The molecule has 0 saturated heterocycles. The molecule has 0 unspecified atom stereocenters. The number of nitrogens with zero attached hydrogens (tertiary/aromatic N) is 4. The van der Waals surface area contributed by atoms with Crippen molar-refractivity contribution in [2.24, 2.45) is 5.10 Å². The third-order valence-corrected chi connectivity index (χ3v) is 2.78. The van der Waals surface area contributed by atoms with Gasteiger partial charge in [0.05, 0.1) is 33.5 Å². The molecule has 0 saturated carbocycles. The lowest BCUT2D eigenvalue weighted by Crippen LogP contribution is -1.99. The number of nitriles is 2. The fourth-order valence-electron chi connectivity index (χ4n) is 1.74. The van der Waals surface area contributed by atoms with Gasteiger partial charge in [-0.25, -0.2) is 0 Å². The molecule has 0 aliphatic heterocycles. The summed E-state index contributed by atoms with van der Waals surface area (Å²) in [5.41, 5.74) is 3.33. The maximum Gasteiger partial charge on any atom is 0.279 e. The Morgan fingerprint density at radius 2 is 1.77 bits per heavy atom. The van der Waals surface area contributed by atoms with E-state index < -0.39 is 4.92 Å². The Bertz CT molecular complexity index is 816. The molecule has 2 rings (SSSR count). The van der Waals surface area contributed by atoms with Crippen LogP contribution in [0.3, 0.4) is 0 Å². The van der Waals surface area contributed by atoms with E-state index in [0.717, 1.165) is 11.8 Å². The first kappa shape index (κ1) is 14.7. The first-order valence-corrected chi connectivity index (χ1v) is 6.12. The Balaban J connectivity index is 2.35. The molecule has 0 atom stereocenters. The van der Waals surface area contributed by atoms with E-state index in [4.69, 9.17) is 10.5 Å². The largest absolute Gasteiger partial charge is 0.279 e. The molecule has 0 radical (unpaired) electrons. The second-order valence-electron chi connectivity index (χ2n) is 4.17. The van der Waals surface area contributed by atoms with Crippen molar-refractivity contribution >= 4 is 17.6 Å². The van der Waals surface area contributed by atoms with Crippen molar-refractivity contribution in [2.75, 3.05) is 5.43 Å². The molecule has 0 aliphatic carbocycles. The second kappa shape index (κ2) is 6.64. The normalized spacial score (nSPS) is 9.91. The van der Waals surface area contributed by atoms with Crippen LogP contribution in [-0.4, -0.2) is 11.1 Å². The number of hydrazone groups is 1. The lowest BCUT2D eigenvalue weighted by atomic mass is 10.0. The Labute approximate surface area is 125 Å². The van der Waals surface area contributed by atoms with Gasteiger partial charge in [-0.3, -0.25) is 15.5 Å². The van der Waals surface area contributed by atoms with Crippen LogP contribution >= 0.6 is 0 Å². The van der Waals surface area contributed by atoms with Gasteiger partial charge in [0.15, 0.2) is 0 Å². The van der Waals surface area contributed by atoms with E-state index in [-0.39, 0.29) is 22.4 Å². The fraction of sp³-hybridized carbons (Fsp3) is 0. The highest BCUT2D eigenvalue weighted by Crippen LogP contribution is 2.22. The number of nitro groups is 1. The van der Waals surface area contributed by atoms with Crippen LogP contribution in [0.25, 0.3) is 0 Å². The zero-order chi connectivity index (χ0) is 15.9. The first-order valence-electron chi connectivity index (χ1n) is 6.12. The van der Waals surface area contributed by atoms with E-state index in [1.54, 1.807) is 18.2 Å². The summed E-state index contributed by atoms with van der Waals surface area (Å²) in [6.45, 7) is 0. The second-order valence-corrected chi connectivity index (χ2v) is 4.17. The number of benzene rings is 2. The smallest absolute Gasteiger partial charge is 0.279 e. The molecule has 2 aromatic rings. The lowest BCUT2D eigenvalue weighted by Gasteiger charge is -2.01. The molecule has 1 N–H and O–H groups in total. The number of nitrogens with one attached hydrogen (secondary N) is 1. The number of hydrogen-bond donors (Lipinski definition) is 1. The van der Waals surface area contributed by atoms with Gasteiger partial charge in [0, 0.05) is 6.07 Å². The number of para-hydroxylation sites is 1. The lowest BCUT2D eigenvalue weighted by molar-refractivity contribution is -0.385. The van der Waals surface area contributed by atoms with E-state index in [0.29, 0.717) is 0 Å². The molecular formula is C15H9N5O2. The third-order valence-electron chi connectivity index (χ3n) is 2.78. The minimum absolute atomic E-state index is 0.0395. The summed E-state index contributed by atoms with van der Waals surface area (Å²) in [6, 6.07) is 15.0. The van der Waals surface area contributed by atoms with Gasteiger partial charge in [-0.15, -0.1) is 0 Å². The van der Waals surface area contributed by atoms with Gasteiger partial charge in [-0.1, -0.05) is 18.2 Å². The van der Waals surface area contributed by atoms with E-state index in [1.165, 1.54) is 12.3 Å². The van der Waals surface area contributed by atoms with E-state index in [1.807, 2.05) is 24.3 Å². The molecule has 0 bridgehead atoms. The summed E-state index contributed by atoms with van der Waals surface area (Å²) in [5.74, 6) is 0. The summed E-state index contributed by atoms with van der Waals surface area (Å²) < 4.78 is 0. The Morgan fingerprint density at radius 1 is 1.14 bits per heavy atom. The maximum absolute atomic E-state index is 11.1. The number of nitro benzene ring substituents is 1. The molecule has 22 heavy (non-hydrogen) atoms. The number of rotatable bonds is 4. The van der Waals surface area contributed by atoms with Gasteiger partial charge in [-0.05, 0) is 18.2 Å². The van der Waals surface area contributed by atoms with Gasteiger partial charge < -0.3 is 0 Å².